The first-order chi connectivity index (χ1) is 9.51. The van der Waals surface area contributed by atoms with Gasteiger partial charge in [-0.25, -0.2) is 0 Å². The second-order valence-corrected chi connectivity index (χ2v) is 7.01. The van der Waals surface area contributed by atoms with Crippen LogP contribution >= 0.6 is 0 Å². The van der Waals surface area contributed by atoms with Gasteiger partial charge in [0.15, 0.2) is 0 Å². The number of nitrogens with zero attached hydrogens (tertiary/aromatic N) is 1. The Bertz CT molecular complexity index is 579. The topological polar surface area (TPSA) is 67.2 Å². The summed E-state index contributed by atoms with van der Waals surface area (Å²) in [6.07, 6.45) is 3.41. The van der Waals surface area contributed by atoms with Gasteiger partial charge in [0.25, 0.3) is 10.1 Å². The maximum Gasteiger partial charge on any atom is 0.296 e. The number of aryl methyl sites for hydroxylation is 1. The molecule has 1 saturated carbocycles. The zero-order chi connectivity index (χ0) is 14.6. The molecule has 1 aromatic carbocycles. The van der Waals surface area contributed by atoms with Crippen molar-refractivity contribution in [3.63, 3.8) is 0 Å². The summed E-state index contributed by atoms with van der Waals surface area (Å²) in [5.74, 6) is 0.361. The average molecular weight is 293 g/mol. The molecule has 4 nitrogen and oxygen atoms in total. The van der Waals surface area contributed by atoms with Crippen molar-refractivity contribution in [2.75, 3.05) is 6.61 Å². The Balaban J connectivity index is 1.90. The van der Waals surface area contributed by atoms with Crippen LogP contribution in [-0.4, -0.2) is 15.0 Å². The largest absolute Gasteiger partial charge is 0.296 e. The quantitative estimate of drug-likeness (QED) is 0.800. The summed E-state index contributed by atoms with van der Waals surface area (Å²) in [4.78, 5) is 0.203. The van der Waals surface area contributed by atoms with E-state index in [1.807, 2.05) is 6.92 Å². The van der Waals surface area contributed by atoms with E-state index in [1.54, 1.807) is 24.3 Å². The van der Waals surface area contributed by atoms with Crippen LogP contribution in [0.1, 0.15) is 31.2 Å². The molecule has 1 fully saturated rings. The van der Waals surface area contributed by atoms with E-state index in [4.69, 9.17) is 9.44 Å². The van der Waals surface area contributed by atoms with Gasteiger partial charge in [-0.1, -0.05) is 17.7 Å². The predicted octanol–water partition coefficient (Wildman–Crippen LogP) is 3.03. The molecule has 1 aromatic rings. The molecule has 0 aromatic heterocycles. The van der Waals surface area contributed by atoms with Crippen LogP contribution in [0.2, 0.25) is 0 Å². The highest BCUT2D eigenvalue weighted by atomic mass is 32.2. The van der Waals surface area contributed by atoms with Crippen molar-refractivity contribution in [1.29, 1.82) is 5.26 Å². The van der Waals surface area contributed by atoms with Gasteiger partial charge in [-0.3, -0.25) is 4.18 Å². The Hall–Kier alpha value is -1.38. The summed E-state index contributed by atoms with van der Waals surface area (Å²) < 4.78 is 29.2. The maximum absolute atomic E-state index is 12.0. The monoisotopic (exact) mass is 293 g/mol. The molecule has 20 heavy (non-hydrogen) atoms. The molecule has 0 unspecified atom stereocenters. The van der Waals surface area contributed by atoms with E-state index in [1.165, 1.54) is 0 Å². The van der Waals surface area contributed by atoms with E-state index in [9.17, 15) is 8.42 Å². The molecule has 0 spiro atoms. The first-order valence-corrected chi connectivity index (χ1v) is 8.28. The first kappa shape index (κ1) is 15.0. The minimum Gasteiger partial charge on any atom is -0.266 e. The SMILES string of the molecule is Cc1ccc(S(=O)(=O)OC[C@H]2CC[C@@H](C#N)CC2)cc1. The lowest BCUT2D eigenvalue weighted by Crippen LogP contribution is -2.20. The van der Waals surface area contributed by atoms with E-state index < -0.39 is 10.1 Å². The number of benzene rings is 1. The van der Waals surface area contributed by atoms with Crippen molar-refractivity contribution < 1.29 is 12.6 Å². The Morgan fingerprint density at radius 1 is 1.20 bits per heavy atom. The molecule has 1 aliphatic carbocycles. The van der Waals surface area contributed by atoms with Gasteiger partial charge in [-0.15, -0.1) is 0 Å². The molecule has 0 radical (unpaired) electrons. The minimum absolute atomic E-state index is 0.125. The normalized spacial score (nSPS) is 23.2. The van der Waals surface area contributed by atoms with Crippen molar-refractivity contribution >= 4 is 10.1 Å². The lowest BCUT2D eigenvalue weighted by atomic mass is 9.83. The van der Waals surface area contributed by atoms with Gasteiger partial charge in [-0.2, -0.15) is 13.7 Å². The Morgan fingerprint density at radius 2 is 1.80 bits per heavy atom. The standard InChI is InChI=1S/C15H19NO3S/c1-12-2-8-15(9-3-12)20(17,18)19-11-14-6-4-13(10-16)5-7-14/h2-3,8-9,13-14H,4-7,11H2,1H3/t13-,14+. The van der Waals surface area contributed by atoms with E-state index >= 15 is 0 Å². The van der Waals surface area contributed by atoms with Crippen molar-refractivity contribution in [3.8, 4) is 6.07 Å². The molecule has 0 heterocycles. The van der Waals surface area contributed by atoms with E-state index in [-0.39, 0.29) is 23.3 Å². The third kappa shape index (κ3) is 3.81. The number of rotatable bonds is 4. The molecule has 2 rings (SSSR count). The number of hydrogen-bond acceptors (Lipinski definition) is 4. The molecule has 0 amide bonds. The zero-order valence-electron chi connectivity index (χ0n) is 11.6. The lowest BCUT2D eigenvalue weighted by molar-refractivity contribution is 0.201. The fourth-order valence-electron chi connectivity index (χ4n) is 2.42. The van der Waals surface area contributed by atoms with Crippen molar-refractivity contribution in [2.45, 2.75) is 37.5 Å². The summed E-state index contributed by atoms with van der Waals surface area (Å²) in [5.41, 5.74) is 1.01. The highest BCUT2D eigenvalue weighted by Gasteiger charge is 2.23. The molecule has 0 bridgehead atoms. The van der Waals surface area contributed by atoms with Gasteiger partial charge in [0.05, 0.1) is 17.6 Å². The Labute approximate surface area is 120 Å². The van der Waals surface area contributed by atoms with Gasteiger partial charge in [0.1, 0.15) is 0 Å². The summed E-state index contributed by atoms with van der Waals surface area (Å²) in [6, 6.07) is 8.92. The van der Waals surface area contributed by atoms with E-state index in [2.05, 4.69) is 6.07 Å². The molecular formula is C15H19NO3S. The number of hydrogen-bond donors (Lipinski definition) is 0. The molecule has 0 atom stereocenters. The molecular weight excluding hydrogens is 274 g/mol. The highest BCUT2D eigenvalue weighted by molar-refractivity contribution is 7.86. The second kappa shape index (κ2) is 6.38. The van der Waals surface area contributed by atoms with Gasteiger partial charge in [0.2, 0.25) is 0 Å². The smallest absolute Gasteiger partial charge is 0.266 e. The lowest BCUT2D eigenvalue weighted by Gasteiger charge is -2.24. The molecule has 0 aliphatic heterocycles. The van der Waals surface area contributed by atoms with Crippen molar-refractivity contribution in [1.82, 2.24) is 0 Å². The van der Waals surface area contributed by atoms with Crippen molar-refractivity contribution in [3.05, 3.63) is 29.8 Å². The fourth-order valence-corrected chi connectivity index (χ4v) is 3.39. The van der Waals surface area contributed by atoms with Crippen LogP contribution in [0, 0.1) is 30.1 Å². The molecule has 1 aliphatic rings. The van der Waals surface area contributed by atoms with Crippen LogP contribution in [0.5, 0.6) is 0 Å². The molecule has 0 saturated heterocycles. The first-order valence-electron chi connectivity index (χ1n) is 6.87. The van der Waals surface area contributed by atoms with Gasteiger partial charge in [-0.05, 0) is 50.7 Å². The maximum atomic E-state index is 12.0. The van der Waals surface area contributed by atoms with Crippen LogP contribution in [0.3, 0.4) is 0 Å². The van der Waals surface area contributed by atoms with E-state index in [0.717, 1.165) is 31.2 Å². The van der Waals surface area contributed by atoms with Gasteiger partial charge < -0.3 is 0 Å². The van der Waals surface area contributed by atoms with E-state index in [0.29, 0.717) is 0 Å². The highest BCUT2D eigenvalue weighted by Crippen LogP contribution is 2.29. The summed E-state index contributed by atoms with van der Waals surface area (Å²) in [7, 11) is -3.66. The predicted molar refractivity (Wildman–Crippen MR) is 75.4 cm³/mol. The summed E-state index contributed by atoms with van der Waals surface area (Å²) >= 11 is 0. The summed E-state index contributed by atoms with van der Waals surface area (Å²) in [5, 5.41) is 8.83. The van der Waals surface area contributed by atoms with Crippen LogP contribution in [0.25, 0.3) is 0 Å². The fraction of sp³-hybridized carbons (Fsp3) is 0.533. The third-order valence-electron chi connectivity index (χ3n) is 3.80. The minimum atomic E-state index is -3.66. The summed E-state index contributed by atoms with van der Waals surface area (Å²) in [6.45, 7) is 2.12. The second-order valence-electron chi connectivity index (χ2n) is 5.40. The third-order valence-corrected chi connectivity index (χ3v) is 5.09. The molecule has 108 valence electrons. The molecule has 5 heteroatoms. The average Bonchev–Trinajstić information content (AvgIpc) is 2.46. The molecule has 0 N–H and O–H groups in total. The van der Waals surface area contributed by atoms with Gasteiger partial charge in [0, 0.05) is 5.92 Å². The van der Waals surface area contributed by atoms with Crippen LogP contribution < -0.4 is 0 Å². The Kier molecular flexibility index (Phi) is 4.79. The van der Waals surface area contributed by atoms with Crippen LogP contribution in [0.15, 0.2) is 29.2 Å². The van der Waals surface area contributed by atoms with Crippen molar-refractivity contribution in [2.24, 2.45) is 11.8 Å². The van der Waals surface area contributed by atoms with Crippen LogP contribution in [-0.2, 0) is 14.3 Å². The number of nitriles is 1. The Morgan fingerprint density at radius 3 is 2.35 bits per heavy atom. The zero-order valence-corrected chi connectivity index (χ0v) is 12.4. The van der Waals surface area contributed by atoms with Gasteiger partial charge >= 0.3 is 0 Å². The van der Waals surface area contributed by atoms with Crippen LogP contribution in [0.4, 0.5) is 0 Å².